The van der Waals surface area contributed by atoms with Gasteiger partial charge < -0.3 is 15.2 Å². The van der Waals surface area contributed by atoms with Crippen LogP contribution < -0.4 is 15.2 Å². The third-order valence-electron chi connectivity index (χ3n) is 3.66. The second kappa shape index (κ2) is 5.13. The van der Waals surface area contributed by atoms with Crippen LogP contribution in [-0.4, -0.2) is 12.1 Å². The smallest absolute Gasteiger partial charge is 0.128 e. The van der Waals surface area contributed by atoms with Gasteiger partial charge in [-0.15, -0.1) is 0 Å². The van der Waals surface area contributed by atoms with Crippen LogP contribution in [0.2, 0.25) is 0 Å². The van der Waals surface area contributed by atoms with Gasteiger partial charge in [0.25, 0.3) is 0 Å². The van der Waals surface area contributed by atoms with E-state index in [-0.39, 0.29) is 12.1 Å². The minimum atomic E-state index is -0.0577. The van der Waals surface area contributed by atoms with Gasteiger partial charge in [0.2, 0.25) is 0 Å². The first kappa shape index (κ1) is 12.9. The maximum atomic E-state index is 6.25. The van der Waals surface area contributed by atoms with E-state index in [1.807, 2.05) is 43.5 Å². The molecule has 2 aromatic rings. The second-order valence-electron chi connectivity index (χ2n) is 5.09. The normalized spacial score (nSPS) is 20.9. The third-order valence-corrected chi connectivity index (χ3v) is 3.66. The summed E-state index contributed by atoms with van der Waals surface area (Å²) in [5.74, 6) is 1.58. The molecule has 4 heteroatoms. The monoisotopic (exact) mass is 270 g/mol. The minimum absolute atomic E-state index is 0.0315. The lowest BCUT2D eigenvalue weighted by Gasteiger charge is -2.30. The molecule has 3 rings (SSSR count). The predicted octanol–water partition coefficient (Wildman–Crippen LogP) is 2.92. The third kappa shape index (κ3) is 2.34. The van der Waals surface area contributed by atoms with Gasteiger partial charge in [-0.25, -0.2) is 0 Å². The van der Waals surface area contributed by atoms with Crippen LogP contribution >= 0.6 is 0 Å². The molecule has 2 atom stereocenters. The number of benzene rings is 1. The first-order valence-corrected chi connectivity index (χ1v) is 6.70. The molecule has 0 bridgehead atoms. The van der Waals surface area contributed by atoms with E-state index < -0.39 is 0 Å². The van der Waals surface area contributed by atoms with Gasteiger partial charge in [-0.3, -0.25) is 4.98 Å². The predicted molar refractivity (Wildman–Crippen MR) is 76.9 cm³/mol. The van der Waals surface area contributed by atoms with Crippen molar-refractivity contribution >= 4 is 0 Å². The molecule has 0 fully saturated rings. The van der Waals surface area contributed by atoms with E-state index in [9.17, 15) is 0 Å². The summed E-state index contributed by atoms with van der Waals surface area (Å²) >= 11 is 0. The van der Waals surface area contributed by atoms with Crippen molar-refractivity contribution in [3.05, 3.63) is 53.3 Å². The van der Waals surface area contributed by atoms with Crippen LogP contribution in [0.3, 0.4) is 0 Å². The molecule has 2 N–H and O–H groups in total. The summed E-state index contributed by atoms with van der Waals surface area (Å²) in [5, 5.41) is 0. The zero-order chi connectivity index (χ0) is 14.1. The Kier molecular flexibility index (Phi) is 3.32. The van der Waals surface area contributed by atoms with Crippen molar-refractivity contribution < 1.29 is 9.47 Å². The van der Waals surface area contributed by atoms with Crippen LogP contribution in [-0.2, 0) is 0 Å². The van der Waals surface area contributed by atoms with Crippen LogP contribution in [0.4, 0.5) is 0 Å². The van der Waals surface area contributed by atoms with Gasteiger partial charge in [0.15, 0.2) is 0 Å². The molecule has 0 saturated carbocycles. The van der Waals surface area contributed by atoms with Crippen LogP contribution in [0, 0.1) is 6.92 Å². The van der Waals surface area contributed by atoms with Gasteiger partial charge in [0.05, 0.1) is 7.11 Å². The number of pyridine rings is 1. The number of hydrogen-bond acceptors (Lipinski definition) is 4. The highest BCUT2D eigenvalue weighted by atomic mass is 16.5. The molecule has 1 unspecified atom stereocenters. The van der Waals surface area contributed by atoms with E-state index in [0.717, 1.165) is 34.7 Å². The van der Waals surface area contributed by atoms with Crippen molar-refractivity contribution in [1.82, 2.24) is 4.98 Å². The Hall–Kier alpha value is -2.07. The van der Waals surface area contributed by atoms with E-state index in [1.54, 1.807) is 7.11 Å². The summed E-state index contributed by atoms with van der Waals surface area (Å²) in [5.41, 5.74) is 9.34. The molecule has 4 nitrogen and oxygen atoms in total. The standard InChI is InChI=1S/C16H18N2O2/c1-10-3-4-11(9-18-10)15-8-14(17)13-6-5-12(19-2)7-16(13)20-15/h3-7,9,14-15H,8,17H2,1-2H3/t14-,15?/m0/s1. The fourth-order valence-electron chi connectivity index (χ4n) is 2.48. The van der Waals surface area contributed by atoms with E-state index in [2.05, 4.69) is 4.98 Å². The number of aromatic nitrogens is 1. The Morgan fingerprint density at radius 2 is 2.15 bits per heavy atom. The molecule has 1 aliphatic heterocycles. The maximum Gasteiger partial charge on any atom is 0.128 e. The molecule has 0 spiro atoms. The maximum absolute atomic E-state index is 6.25. The van der Waals surface area contributed by atoms with Crippen molar-refractivity contribution in [2.75, 3.05) is 7.11 Å². The molecule has 1 aliphatic rings. The molecule has 0 saturated heterocycles. The van der Waals surface area contributed by atoms with Crippen LogP contribution in [0.25, 0.3) is 0 Å². The first-order valence-electron chi connectivity index (χ1n) is 6.70. The number of nitrogens with two attached hydrogens (primary N) is 1. The van der Waals surface area contributed by atoms with Gasteiger partial charge in [-0.05, 0) is 19.1 Å². The molecule has 0 amide bonds. The topological polar surface area (TPSA) is 57.4 Å². The van der Waals surface area contributed by atoms with Crippen molar-refractivity contribution in [3.8, 4) is 11.5 Å². The summed E-state index contributed by atoms with van der Waals surface area (Å²) in [7, 11) is 1.64. The number of hydrogen-bond donors (Lipinski definition) is 1. The van der Waals surface area contributed by atoms with Gasteiger partial charge >= 0.3 is 0 Å². The van der Waals surface area contributed by atoms with E-state index in [4.69, 9.17) is 15.2 Å². The SMILES string of the molecule is COc1ccc2c(c1)OC(c1ccc(C)nc1)C[C@@H]2N. The lowest BCUT2D eigenvalue weighted by atomic mass is 9.94. The Balaban J connectivity index is 1.92. The highest BCUT2D eigenvalue weighted by molar-refractivity contribution is 5.44. The first-order chi connectivity index (χ1) is 9.67. The van der Waals surface area contributed by atoms with Crippen molar-refractivity contribution in [2.24, 2.45) is 5.73 Å². The lowest BCUT2D eigenvalue weighted by molar-refractivity contribution is 0.160. The Morgan fingerprint density at radius 1 is 1.30 bits per heavy atom. The van der Waals surface area contributed by atoms with Gasteiger partial charge in [0.1, 0.15) is 17.6 Å². The van der Waals surface area contributed by atoms with Crippen LogP contribution in [0.15, 0.2) is 36.5 Å². The molecular formula is C16H18N2O2. The van der Waals surface area contributed by atoms with E-state index in [0.29, 0.717) is 0 Å². The number of methoxy groups -OCH3 is 1. The number of nitrogens with zero attached hydrogens (tertiary/aromatic N) is 1. The molecule has 0 radical (unpaired) electrons. The highest BCUT2D eigenvalue weighted by Crippen LogP contribution is 2.41. The molecule has 0 aliphatic carbocycles. The molecule has 2 heterocycles. The summed E-state index contributed by atoms with van der Waals surface area (Å²) in [6.07, 6.45) is 2.56. The van der Waals surface area contributed by atoms with Crippen molar-refractivity contribution in [2.45, 2.75) is 25.5 Å². The molecule has 104 valence electrons. The fraction of sp³-hybridized carbons (Fsp3) is 0.312. The summed E-state index contributed by atoms with van der Waals surface area (Å²) < 4.78 is 11.3. The molecule has 20 heavy (non-hydrogen) atoms. The zero-order valence-electron chi connectivity index (χ0n) is 11.7. The highest BCUT2D eigenvalue weighted by Gasteiger charge is 2.27. The lowest BCUT2D eigenvalue weighted by Crippen LogP contribution is -2.24. The van der Waals surface area contributed by atoms with Crippen molar-refractivity contribution in [3.63, 3.8) is 0 Å². The summed E-state index contributed by atoms with van der Waals surface area (Å²) in [6, 6.07) is 9.79. The summed E-state index contributed by atoms with van der Waals surface area (Å²) in [6.45, 7) is 1.97. The average Bonchev–Trinajstić information content (AvgIpc) is 2.47. The van der Waals surface area contributed by atoms with Crippen LogP contribution in [0.5, 0.6) is 11.5 Å². The second-order valence-corrected chi connectivity index (χ2v) is 5.09. The number of aryl methyl sites for hydroxylation is 1. The zero-order valence-corrected chi connectivity index (χ0v) is 11.7. The number of ether oxygens (including phenoxy) is 2. The Bertz CT molecular complexity index is 610. The molecule has 1 aromatic heterocycles. The van der Waals surface area contributed by atoms with E-state index in [1.165, 1.54) is 0 Å². The minimum Gasteiger partial charge on any atom is -0.497 e. The quantitative estimate of drug-likeness (QED) is 0.911. The Labute approximate surface area is 118 Å². The fourth-order valence-corrected chi connectivity index (χ4v) is 2.48. The van der Waals surface area contributed by atoms with Gasteiger partial charge in [0, 0.05) is 41.5 Å². The van der Waals surface area contributed by atoms with Gasteiger partial charge in [-0.1, -0.05) is 12.1 Å². The van der Waals surface area contributed by atoms with Gasteiger partial charge in [-0.2, -0.15) is 0 Å². The molecule has 1 aromatic carbocycles. The largest absolute Gasteiger partial charge is 0.497 e. The molecular weight excluding hydrogens is 252 g/mol. The van der Waals surface area contributed by atoms with Crippen LogP contribution in [0.1, 0.15) is 35.4 Å². The van der Waals surface area contributed by atoms with Crippen molar-refractivity contribution in [1.29, 1.82) is 0 Å². The number of fused-ring (bicyclic) bond motifs is 1. The number of rotatable bonds is 2. The van der Waals surface area contributed by atoms with E-state index >= 15 is 0 Å². The summed E-state index contributed by atoms with van der Waals surface area (Å²) in [4.78, 5) is 4.32. The Morgan fingerprint density at radius 3 is 2.85 bits per heavy atom. The average molecular weight is 270 g/mol.